The van der Waals surface area contributed by atoms with Crippen LogP contribution in [0.15, 0.2) is 54.6 Å². The largest absolute Gasteiger partial charge is 0.478 e. The Balaban J connectivity index is 2.22. The second kappa shape index (κ2) is 8.99. The molecule has 7 heteroatoms. The lowest BCUT2D eigenvalue weighted by molar-refractivity contribution is -0.131. The number of fused-ring (bicyclic) bond motifs is 1. The first kappa shape index (κ1) is 18.7. The van der Waals surface area contributed by atoms with Crippen LogP contribution in [0.2, 0.25) is 0 Å². The Kier molecular flexibility index (Phi) is 6.46. The third kappa shape index (κ3) is 5.18. The summed E-state index contributed by atoms with van der Waals surface area (Å²) in [5.74, 6) is -2.97. The van der Waals surface area contributed by atoms with E-state index in [4.69, 9.17) is 10.4 Å². The Labute approximate surface area is 149 Å². The van der Waals surface area contributed by atoms with Crippen molar-refractivity contribution in [1.82, 2.24) is 10.6 Å². The Morgan fingerprint density at radius 3 is 2.50 bits per heavy atom. The lowest BCUT2D eigenvalue weighted by Crippen LogP contribution is -2.37. The highest BCUT2D eigenvalue weighted by Crippen LogP contribution is 2.22. The van der Waals surface area contributed by atoms with Gasteiger partial charge in [0.2, 0.25) is 11.8 Å². The van der Waals surface area contributed by atoms with Gasteiger partial charge in [0, 0.05) is 18.7 Å². The molecule has 7 nitrogen and oxygen atoms in total. The summed E-state index contributed by atoms with van der Waals surface area (Å²) in [7, 11) is 0. The van der Waals surface area contributed by atoms with E-state index >= 15 is 0 Å². The van der Waals surface area contributed by atoms with Gasteiger partial charge in [-0.1, -0.05) is 42.5 Å². The van der Waals surface area contributed by atoms with Gasteiger partial charge in [0.25, 0.3) is 0 Å². The van der Waals surface area contributed by atoms with E-state index in [9.17, 15) is 14.4 Å². The maximum Gasteiger partial charge on any atom is 0.328 e. The van der Waals surface area contributed by atoms with E-state index < -0.39 is 23.7 Å². The van der Waals surface area contributed by atoms with Crippen LogP contribution in [0.5, 0.6) is 0 Å². The van der Waals surface area contributed by atoms with Gasteiger partial charge < -0.3 is 15.7 Å². The van der Waals surface area contributed by atoms with Gasteiger partial charge in [0.15, 0.2) is 0 Å². The number of nitrogens with zero attached hydrogens (tertiary/aromatic N) is 1. The van der Waals surface area contributed by atoms with Crippen LogP contribution in [-0.4, -0.2) is 36.0 Å². The van der Waals surface area contributed by atoms with Crippen LogP contribution in [0.3, 0.4) is 0 Å². The molecule has 2 rings (SSSR count). The fourth-order valence-electron chi connectivity index (χ4n) is 2.44. The van der Waals surface area contributed by atoms with Gasteiger partial charge in [0.05, 0.1) is 12.0 Å². The van der Waals surface area contributed by atoms with Crippen LogP contribution < -0.4 is 10.6 Å². The van der Waals surface area contributed by atoms with Gasteiger partial charge >= 0.3 is 5.97 Å². The summed E-state index contributed by atoms with van der Waals surface area (Å²) in [6.07, 6.45) is 1.60. The zero-order valence-corrected chi connectivity index (χ0v) is 13.8. The molecule has 132 valence electrons. The monoisotopic (exact) mass is 351 g/mol. The minimum Gasteiger partial charge on any atom is -0.478 e. The summed E-state index contributed by atoms with van der Waals surface area (Å²) in [5, 5.41) is 24.1. The summed E-state index contributed by atoms with van der Waals surface area (Å²) >= 11 is 0. The maximum absolute atomic E-state index is 12.4. The van der Waals surface area contributed by atoms with Crippen molar-refractivity contribution in [3.05, 3.63) is 60.2 Å². The predicted molar refractivity (Wildman–Crippen MR) is 95.1 cm³/mol. The number of amides is 2. The van der Waals surface area contributed by atoms with Gasteiger partial charge in [-0.05, 0) is 16.3 Å². The maximum atomic E-state index is 12.4. The molecular formula is C19H17N3O4. The number of aliphatic carboxylic acids is 1. The fraction of sp³-hybridized carbons (Fsp3) is 0.158. The van der Waals surface area contributed by atoms with Crippen molar-refractivity contribution in [3.63, 3.8) is 0 Å². The summed E-state index contributed by atoms with van der Waals surface area (Å²) in [5.41, 5.74) is 0.682. The smallest absolute Gasteiger partial charge is 0.328 e. The van der Waals surface area contributed by atoms with Crippen molar-refractivity contribution in [2.75, 3.05) is 13.1 Å². The molecular weight excluding hydrogens is 334 g/mol. The van der Waals surface area contributed by atoms with Gasteiger partial charge in [-0.15, -0.1) is 0 Å². The van der Waals surface area contributed by atoms with E-state index in [1.807, 2.05) is 42.5 Å². The van der Waals surface area contributed by atoms with E-state index in [1.165, 1.54) is 0 Å². The van der Waals surface area contributed by atoms with Crippen molar-refractivity contribution < 1.29 is 19.5 Å². The quantitative estimate of drug-likeness (QED) is 0.513. The molecule has 0 aliphatic carbocycles. The van der Waals surface area contributed by atoms with Crippen molar-refractivity contribution >= 4 is 28.6 Å². The molecule has 1 atom stereocenters. The number of carbonyl (C=O) groups excluding carboxylic acids is 2. The Morgan fingerprint density at radius 2 is 1.81 bits per heavy atom. The molecule has 2 aromatic carbocycles. The summed E-state index contributed by atoms with van der Waals surface area (Å²) in [6.45, 7) is -0.172. The average molecular weight is 351 g/mol. The number of carboxylic acids is 1. The summed E-state index contributed by atoms with van der Waals surface area (Å²) < 4.78 is 0. The third-order valence-electron chi connectivity index (χ3n) is 3.69. The fourth-order valence-corrected chi connectivity index (χ4v) is 2.44. The van der Waals surface area contributed by atoms with Crippen molar-refractivity contribution in [2.24, 2.45) is 0 Å². The molecule has 0 aromatic heterocycles. The van der Waals surface area contributed by atoms with Gasteiger partial charge in [-0.2, -0.15) is 5.26 Å². The highest BCUT2D eigenvalue weighted by Gasteiger charge is 2.21. The van der Waals surface area contributed by atoms with Crippen LogP contribution in [0.4, 0.5) is 0 Å². The summed E-state index contributed by atoms with van der Waals surface area (Å²) in [6, 6.07) is 15.0. The first-order valence-electron chi connectivity index (χ1n) is 7.83. The number of carbonyl (C=O) groups is 3. The van der Waals surface area contributed by atoms with Crippen molar-refractivity contribution in [3.8, 4) is 6.07 Å². The lowest BCUT2D eigenvalue weighted by atomic mass is 9.95. The number of hydrogen-bond donors (Lipinski definition) is 3. The molecule has 26 heavy (non-hydrogen) atoms. The van der Waals surface area contributed by atoms with Gasteiger partial charge in [-0.25, -0.2) is 4.79 Å². The molecule has 0 saturated heterocycles. The number of carboxylic acid groups (broad SMARTS) is 1. The van der Waals surface area contributed by atoms with Crippen LogP contribution >= 0.6 is 0 Å². The van der Waals surface area contributed by atoms with E-state index in [-0.39, 0.29) is 13.1 Å². The number of hydrogen-bond acceptors (Lipinski definition) is 4. The number of nitriles is 1. The minimum atomic E-state index is -1.24. The van der Waals surface area contributed by atoms with Gasteiger partial charge in [0.1, 0.15) is 6.54 Å². The van der Waals surface area contributed by atoms with Crippen LogP contribution in [0.1, 0.15) is 11.5 Å². The van der Waals surface area contributed by atoms with Crippen LogP contribution in [0.25, 0.3) is 10.8 Å². The van der Waals surface area contributed by atoms with Crippen LogP contribution in [0, 0.1) is 11.3 Å². The Bertz CT molecular complexity index is 899. The first-order valence-corrected chi connectivity index (χ1v) is 7.83. The van der Waals surface area contributed by atoms with E-state index in [0.29, 0.717) is 5.56 Å². The molecule has 0 spiro atoms. The third-order valence-corrected chi connectivity index (χ3v) is 3.69. The molecule has 3 N–H and O–H groups in total. The van der Waals surface area contributed by atoms with E-state index in [0.717, 1.165) is 22.9 Å². The standard InChI is InChI=1S/C19H17N3O4/c20-9-10-21-19(26)16(12-22-17(23)7-8-18(24)25)15-6-5-13-3-1-2-4-14(13)11-15/h1-8,11,16H,10,12H2,(H,21,26)(H,22,23)(H,24,25). The molecule has 0 saturated carbocycles. The van der Waals surface area contributed by atoms with Crippen molar-refractivity contribution in [1.29, 1.82) is 5.26 Å². The minimum absolute atomic E-state index is 0.0294. The number of benzene rings is 2. The molecule has 2 aromatic rings. The van der Waals surface area contributed by atoms with Gasteiger partial charge in [-0.3, -0.25) is 9.59 Å². The lowest BCUT2D eigenvalue weighted by Gasteiger charge is -2.17. The topological polar surface area (TPSA) is 119 Å². The molecule has 0 aliphatic rings. The summed E-state index contributed by atoms with van der Waals surface area (Å²) in [4.78, 5) is 34.5. The molecule has 0 aliphatic heterocycles. The second-order valence-electron chi connectivity index (χ2n) is 5.45. The molecule has 0 fully saturated rings. The van der Waals surface area contributed by atoms with Crippen molar-refractivity contribution in [2.45, 2.75) is 5.92 Å². The molecule has 1 unspecified atom stereocenters. The molecule has 2 amide bonds. The molecule has 0 bridgehead atoms. The van der Waals surface area contributed by atoms with E-state index in [2.05, 4.69) is 10.6 Å². The zero-order chi connectivity index (χ0) is 18.9. The van der Waals surface area contributed by atoms with E-state index in [1.54, 1.807) is 6.07 Å². The SMILES string of the molecule is N#CCNC(=O)C(CNC(=O)C=CC(=O)O)c1ccc2ccccc2c1. The normalized spacial score (nSPS) is 11.7. The average Bonchev–Trinajstić information content (AvgIpc) is 2.64. The highest BCUT2D eigenvalue weighted by molar-refractivity contribution is 5.94. The van der Waals surface area contributed by atoms with Crippen LogP contribution in [-0.2, 0) is 14.4 Å². The Hall–Kier alpha value is -3.66. The zero-order valence-electron chi connectivity index (χ0n) is 13.8. The number of nitrogens with one attached hydrogen (secondary N) is 2. The first-order chi connectivity index (χ1) is 12.5. The molecule has 0 radical (unpaired) electrons. The second-order valence-corrected chi connectivity index (χ2v) is 5.45. The highest BCUT2D eigenvalue weighted by atomic mass is 16.4. The Morgan fingerprint density at radius 1 is 1.08 bits per heavy atom. The number of rotatable bonds is 7. The predicted octanol–water partition coefficient (Wildman–Crippen LogP) is 1.32. The molecule has 0 heterocycles.